The zero-order valence-electron chi connectivity index (χ0n) is 14.5. The number of halogens is 3. The maximum atomic E-state index is 12.7. The van der Waals surface area contributed by atoms with Gasteiger partial charge in [-0.3, -0.25) is 0 Å². The van der Waals surface area contributed by atoms with Crippen LogP contribution in [0.1, 0.15) is 33.3 Å². The van der Waals surface area contributed by atoms with E-state index in [0.717, 1.165) is 12.1 Å². The Labute approximate surface area is 137 Å². The summed E-state index contributed by atoms with van der Waals surface area (Å²) in [4.78, 5) is 0. The van der Waals surface area contributed by atoms with Gasteiger partial charge in [-0.25, -0.2) is 0 Å². The summed E-state index contributed by atoms with van der Waals surface area (Å²) in [5.74, 6) is 0.826. The summed E-state index contributed by atoms with van der Waals surface area (Å²) in [6, 6.07) is 4.87. The molecule has 0 spiro atoms. The molecule has 0 bridgehead atoms. The highest BCUT2D eigenvalue weighted by molar-refractivity contribution is 6.74. The molecule has 0 saturated carbocycles. The fourth-order valence-electron chi connectivity index (χ4n) is 1.57. The van der Waals surface area contributed by atoms with E-state index < -0.39 is 20.1 Å². The molecule has 0 radical (unpaired) electrons. The second-order valence-corrected chi connectivity index (χ2v) is 11.7. The lowest BCUT2D eigenvalue weighted by atomic mass is 10.2. The van der Waals surface area contributed by atoms with Crippen molar-refractivity contribution in [3.05, 3.63) is 41.7 Å². The van der Waals surface area contributed by atoms with E-state index in [1.807, 2.05) is 6.92 Å². The van der Waals surface area contributed by atoms with E-state index in [9.17, 15) is 13.2 Å². The third-order valence-corrected chi connectivity index (χ3v) is 8.44. The molecule has 0 unspecified atom stereocenters. The van der Waals surface area contributed by atoms with Gasteiger partial charge < -0.3 is 9.16 Å². The third-order valence-electron chi connectivity index (χ3n) is 4.06. The van der Waals surface area contributed by atoms with Crippen molar-refractivity contribution in [1.29, 1.82) is 0 Å². The van der Waals surface area contributed by atoms with E-state index in [2.05, 4.69) is 33.9 Å². The quantitative estimate of drug-likeness (QED) is 0.480. The third kappa shape index (κ3) is 5.60. The summed E-state index contributed by atoms with van der Waals surface area (Å²) in [5, 5.41) is 0.0391. The molecule has 1 rings (SSSR count). The van der Waals surface area contributed by atoms with Gasteiger partial charge in [0.2, 0.25) is 8.32 Å². The van der Waals surface area contributed by atoms with Crippen LogP contribution < -0.4 is 4.74 Å². The van der Waals surface area contributed by atoms with E-state index in [1.165, 1.54) is 12.1 Å². The summed E-state index contributed by atoms with van der Waals surface area (Å²) >= 11 is 0. The van der Waals surface area contributed by atoms with Crippen molar-refractivity contribution >= 4 is 8.32 Å². The molecule has 1 aromatic carbocycles. The first kappa shape index (κ1) is 19.6. The highest BCUT2D eigenvalue weighted by atomic mass is 28.4. The molecule has 0 amide bonds. The van der Waals surface area contributed by atoms with Gasteiger partial charge in [-0.15, -0.1) is 0 Å². The first-order valence-electron chi connectivity index (χ1n) is 7.51. The summed E-state index contributed by atoms with van der Waals surface area (Å²) in [6.07, 6.45) is -2.57. The molecule has 0 saturated heterocycles. The Morgan fingerprint density at radius 2 is 1.78 bits per heavy atom. The minimum absolute atomic E-state index is 0.0391. The number of hydrogen-bond donors (Lipinski definition) is 0. The van der Waals surface area contributed by atoms with Gasteiger partial charge in [0.05, 0.1) is 5.56 Å². The number of rotatable bonds is 5. The topological polar surface area (TPSA) is 18.5 Å². The maximum Gasteiger partial charge on any atom is 0.416 e. The van der Waals surface area contributed by atoms with Crippen LogP contribution >= 0.6 is 0 Å². The Bertz CT molecular complexity index is 558. The van der Waals surface area contributed by atoms with E-state index >= 15 is 0 Å². The Hall–Kier alpha value is -1.43. The minimum atomic E-state index is -4.37. The van der Waals surface area contributed by atoms with Crippen molar-refractivity contribution in [3.8, 4) is 5.75 Å². The Balaban J connectivity index is 2.77. The number of allylic oxidation sites excluding steroid dienone is 1. The van der Waals surface area contributed by atoms with Gasteiger partial charge in [0.1, 0.15) is 18.1 Å². The molecule has 0 aliphatic carbocycles. The Kier molecular flexibility index (Phi) is 5.96. The molecule has 2 nitrogen and oxygen atoms in total. The molecule has 23 heavy (non-hydrogen) atoms. The largest absolute Gasteiger partial charge is 0.544 e. The molecule has 0 N–H and O–H groups in total. The standard InChI is InChI=1S/C17H25F3O2Si/c1-7-14(22-23(5,6)16(2,3)4)12-21-15-10-8-9-13(11-15)17(18,19)20/h7-11H,12H2,1-6H3. The first-order chi connectivity index (χ1) is 10.4. The summed E-state index contributed by atoms with van der Waals surface area (Å²) < 4.78 is 49.7. The first-order valence-corrected chi connectivity index (χ1v) is 10.4. The molecular weight excluding hydrogens is 321 g/mol. The van der Waals surface area contributed by atoms with Crippen LogP contribution in [0.25, 0.3) is 0 Å². The SMILES string of the molecule is CC=C(COc1cccc(C(F)(F)F)c1)O[Si](C)(C)C(C)(C)C. The molecular formula is C17H25F3O2Si. The molecule has 6 heteroatoms. The fourth-order valence-corrected chi connectivity index (χ4v) is 2.71. The second kappa shape index (κ2) is 6.99. The highest BCUT2D eigenvalue weighted by Crippen LogP contribution is 2.38. The molecule has 0 heterocycles. The molecule has 1 aromatic rings. The normalized spacial score (nSPS) is 13.9. The maximum absolute atomic E-state index is 12.7. The summed E-state index contributed by atoms with van der Waals surface area (Å²) in [6.45, 7) is 12.5. The number of alkyl halides is 3. The number of hydrogen-bond acceptors (Lipinski definition) is 2. The Morgan fingerprint density at radius 3 is 2.26 bits per heavy atom. The van der Waals surface area contributed by atoms with Crippen molar-refractivity contribution in [1.82, 2.24) is 0 Å². The van der Waals surface area contributed by atoms with Crippen molar-refractivity contribution in [3.63, 3.8) is 0 Å². The van der Waals surface area contributed by atoms with Crippen LogP contribution in [0.5, 0.6) is 5.75 Å². The fraction of sp³-hybridized carbons (Fsp3) is 0.529. The highest BCUT2D eigenvalue weighted by Gasteiger charge is 2.39. The van der Waals surface area contributed by atoms with Crippen molar-refractivity contribution in [2.45, 2.75) is 52.0 Å². The van der Waals surface area contributed by atoms with Gasteiger partial charge in [-0.05, 0) is 49.3 Å². The van der Waals surface area contributed by atoms with Gasteiger partial charge in [0.25, 0.3) is 0 Å². The van der Waals surface area contributed by atoms with E-state index in [1.54, 1.807) is 6.08 Å². The van der Waals surface area contributed by atoms with Crippen LogP contribution in [-0.2, 0) is 10.6 Å². The van der Waals surface area contributed by atoms with Crippen LogP contribution in [0.4, 0.5) is 13.2 Å². The monoisotopic (exact) mass is 346 g/mol. The molecule has 0 aliphatic heterocycles. The molecule has 130 valence electrons. The molecule has 0 aromatic heterocycles. The zero-order chi connectivity index (χ0) is 17.9. The predicted octanol–water partition coefficient (Wildman–Crippen LogP) is 6.01. The second-order valence-electron chi connectivity index (χ2n) is 6.93. The predicted molar refractivity (Wildman–Crippen MR) is 89.0 cm³/mol. The van der Waals surface area contributed by atoms with Crippen molar-refractivity contribution < 1.29 is 22.3 Å². The van der Waals surface area contributed by atoms with Crippen molar-refractivity contribution in [2.75, 3.05) is 6.61 Å². The van der Waals surface area contributed by atoms with Crippen LogP contribution in [0.3, 0.4) is 0 Å². The molecule has 0 aliphatic rings. The van der Waals surface area contributed by atoms with Crippen LogP contribution in [0.15, 0.2) is 36.1 Å². The summed E-state index contributed by atoms with van der Waals surface area (Å²) in [5.41, 5.74) is -0.720. The van der Waals surface area contributed by atoms with Crippen LogP contribution in [0.2, 0.25) is 18.1 Å². The van der Waals surface area contributed by atoms with Gasteiger partial charge >= 0.3 is 6.18 Å². The molecule has 0 atom stereocenters. The van der Waals surface area contributed by atoms with E-state index in [0.29, 0.717) is 5.76 Å². The van der Waals surface area contributed by atoms with Gasteiger partial charge in [-0.1, -0.05) is 26.8 Å². The summed E-state index contributed by atoms with van der Waals surface area (Å²) in [7, 11) is -2.00. The lowest BCUT2D eigenvalue weighted by Crippen LogP contribution is -2.41. The zero-order valence-corrected chi connectivity index (χ0v) is 15.5. The number of benzene rings is 1. The number of ether oxygens (including phenoxy) is 1. The average Bonchev–Trinajstić information content (AvgIpc) is 2.41. The average molecular weight is 346 g/mol. The Morgan fingerprint density at radius 1 is 1.17 bits per heavy atom. The minimum Gasteiger partial charge on any atom is -0.544 e. The van der Waals surface area contributed by atoms with Crippen LogP contribution in [-0.4, -0.2) is 14.9 Å². The van der Waals surface area contributed by atoms with Crippen LogP contribution in [0, 0.1) is 0 Å². The smallest absolute Gasteiger partial charge is 0.416 e. The van der Waals surface area contributed by atoms with E-state index in [-0.39, 0.29) is 17.4 Å². The van der Waals surface area contributed by atoms with Gasteiger partial charge in [-0.2, -0.15) is 13.2 Å². The molecule has 0 fully saturated rings. The van der Waals surface area contributed by atoms with Gasteiger partial charge in [0.15, 0.2) is 0 Å². The van der Waals surface area contributed by atoms with E-state index in [4.69, 9.17) is 9.16 Å². The van der Waals surface area contributed by atoms with Gasteiger partial charge in [0, 0.05) is 0 Å². The lowest BCUT2D eigenvalue weighted by Gasteiger charge is -2.37. The lowest BCUT2D eigenvalue weighted by molar-refractivity contribution is -0.137. The van der Waals surface area contributed by atoms with Crippen molar-refractivity contribution in [2.24, 2.45) is 0 Å².